The van der Waals surface area contributed by atoms with Gasteiger partial charge in [-0.3, -0.25) is 4.57 Å². The summed E-state index contributed by atoms with van der Waals surface area (Å²) >= 11 is 9.03. The SMILES string of the molecule is Cc1csc(C2=CCN(c3nc(C)n(Cc4ccc(Cl)s4)c(=O)n3)CC2O)c1. The molecule has 0 aliphatic carbocycles. The molecule has 1 unspecified atom stereocenters. The Labute approximate surface area is 175 Å². The van der Waals surface area contributed by atoms with Crippen LogP contribution in [-0.4, -0.2) is 38.8 Å². The number of hydrogen-bond acceptors (Lipinski definition) is 7. The molecule has 0 saturated carbocycles. The van der Waals surface area contributed by atoms with E-state index in [1.807, 2.05) is 30.0 Å². The third-order valence-electron chi connectivity index (χ3n) is 4.60. The molecule has 4 rings (SSSR count). The Morgan fingerprint density at radius 3 is 2.75 bits per heavy atom. The van der Waals surface area contributed by atoms with Gasteiger partial charge >= 0.3 is 5.69 Å². The Morgan fingerprint density at radius 2 is 2.14 bits per heavy atom. The van der Waals surface area contributed by atoms with Gasteiger partial charge in [-0.05, 0) is 48.6 Å². The van der Waals surface area contributed by atoms with Crippen LogP contribution in [0.4, 0.5) is 5.95 Å². The zero-order valence-electron chi connectivity index (χ0n) is 15.4. The van der Waals surface area contributed by atoms with E-state index in [9.17, 15) is 9.90 Å². The summed E-state index contributed by atoms with van der Waals surface area (Å²) in [4.78, 5) is 25.1. The summed E-state index contributed by atoms with van der Waals surface area (Å²) in [5.74, 6) is 0.928. The minimum atomic E-state index is -0.647. The van der Waals surface area contributed by atoms with Crippen molar-refractivity contribution in [3.8, 4) is 0 Å². The second-order valence-electron chi connectivity index (χ2n) is 6.71. The van der Waals surface area contributed by atoms with E-state index in [-0.39, 0.29) is 5.69 Å². The number of anilines is 1. The maximum atomic E-state index is 12.6. The molecule has 0 bridgehead atoms. The molecule has 1 atom stereocenters. The van der Waals surface area contributed by atoms with Crippen LogP contribution >= 0.6 is 34.3 Å². The van der Waals surface area contributed by atoms with E-state index in [0.717, 1.165) is 15.3 Å². The van der Waals surface area contributed by atoms with Gasteiger partial charge in [-0.1, -0.05) is 17.7 Å². The fourth-order valence-electron chi connectivity index (χ4n) is 3.17. The zero-order chi connectivity index (χ0) is 19.8. The van der Waals surface area contributed by atoms with Crippen molar-refractivity contribution < 1.29 is 5.11 Å². The average molecular weight is 435 g/mol. The van der Waals surface area contributed by atoms with E-state index >= 15 is 0 Å². The fourth-order valence-corrected chi connectivity index (χ4v) is 5.23. The molecule has 3 aromatic heterocycles. The standard InChI is InChI=1S/C19H19ClN4O2S2/c1-11-7-16(27-10-11)14-5-6-23(9-15(14)25)18-21-12(2)24(19(26)22-18)8-13-3-4-17(20)28-13/h3-5,7,10,15,25H,6,8-9H2,1-2H3. The number of aryl methyl sites for hydroxylation is 2. The second-order valence-corrected chi connectivity index (χ2v) is 9.42. The second kappa shape index (κ2) is 7.79. The highest BCUT2D eigenvalue weighted by molar-refractivity contribution is 7.16. The predicted octanol–water partition coefficient (Wildman–Crippen LogP) is 3.34. The summed E-state index contributed by atoms with van der Waals surface area (Å²) in [6.45, 7) is 5.13. The van der Waals surface area contributed by atoms with Crippen LogP contribution in [0.15, 0.2) is 34.4 Å². The maximum absolute atomic E-state index is 12.6. The molecule has 0 aromatic carbocycles. The van der Waals surface area contributed by atoms with E-state index < -0.39 is 6.10 Å². The fraction of sp³-hybridized carbons (Fsp3) is 0.316. The van der Waals surface area contributed by atoms with E-state index in [0.29, 0.717) is 35.7 Å². The van der Waals surface area contributed by atoms with Crippen molar-refractivity contribution in [2.75, 3.05) is 18.0 Å². The van der Waals surface area contributed by atoms with Gasteiger partial charge in [0.2, 0.25) is 5.95 Å². The van der Waals surface area contributed by atoms with Crippen LogP contribution in [0.25, 0.3) is 5.57 Å². The number of aliphatic hydroxyl groups is 1. The Kier molecular flexibility index (Phi) is 5.37. The Balaban J connectivity index is 1.57. The molecule has 0 spiro atoms. The molecule has 146 valence electrons. The molecule has 0 radical (unpaired) electrons. The largest absolute Gasteiger partial charge is 0.387 e. The van der Waals surface area contributed by atoms with Crippen molar-refractivity contribution in [2.45, 2.75) is 26.5 Å². The molecular weight excluding hydrogens is 416 g/mol. The van der Waals surface area contributed by atoms with E-state index in [2.05, 4.69) is 21.4 Å². The normalized spacial score (nSPS) is 17.1. The van der Waals surface area contributed by atoms with Crippen molar-refractivity contribution >= 4 is 45.8 Å². The highest BCUT2D eigenvalue weighted by Gasteiger charge is 2.25. The van der Waals surface area contributed by atoms with Gasteiger partial charge in [0.05, 0.1) is 23.5 Å². The number of aromatic nitrogens is 3. The number of nitrogens with zero attached hydrogens (tertiary/aromatic N) is 4. The minimum Gasteiger partial charge on any atom is -0.387 e. The van der Waals surface area contributed by atoms with Crippen LogP contribution in [0.3, 0.4) is 0 Å². The third kappa shape index (κ3) is 3.91. The average Bonchev–Trinajstić information content (AvgIpc) is 3.26. The molecule has 4 heterocycles. The smallest absolute Gasteiger partial charge is 0.352 e. The summed E-state index contributed by atoms with van der Waals surface area (Å²) in [7, 11) is 0. The summed E-state index contributed by atoms with van der Waals surface area (Å²) in [6.07, 6.45) is 1.34. The third-order valence-corrected chi connectivity index (χ3v) is 6.92. The lowest BCUT2D eigenvalue weighted by atomic mass is 10.0. The molecule has 1 N–H and O–H groups in total. The van der Waals surface area contributed by atoms with Gasteiger partial charge < -0.3 is 10.0 Å². The summed E-state index contributed by atoms with van der Waals surface area (Å²) in [6, 6.07) is 5.78. The predicted molar refractivity (Wildman–Crippen MR) is 115 cm³/mol. The van der Waals surface area contributed by atoms with Crippen LogP contribution in [0.1, 0.15) is 21.1 Å². The summed E-state index contributed by atoms with van der Waals surface area (Å²) in [5, 5.41) is 12.7. The van der Waals surface area contributed by atoms with E-state index in [4.69, 9.17) is 11.6 Å². The maximum Gasteiger partial charge on any atom is 0.352 e. The molecule has 0 fully saturated rings. The number of β-amino-alcohol motifs (C(OH)–C–C–N with tert-alkyl or cyclic N) is 1. The van der Waals surface area contributed by atoms with Gasteiger partial charge in [-0.25, -0.2) is 4.79 Å². The Bertz CT molecular complexity index is 1100. The molecule has 28 heavy (non-hydrogen) atoms. The number of halogens is 1. The topological polar surface area (TPSA) is 71.2 Å². The molecule has 3 aromatic rings. The molecule has 0 amide bonds. The van der Waals surface area contributed by atoms with Crippen LogP contribution in [-0.2, 0) is 6.54 Å². The Hall–Kier alpha value is -2.00. The molecule has 1 aliphatic rings. The van der Waals surface area contributed by atoms with Crippen LogP contribution in [0.2, 0.25) is 4.34 Å². The quantitative estimate of drug-likeness (QED) is 0.681. The molecule has 0 saturated heterocycles. The van der Waals surface area contributed by atoms with Crippen LogP contribution in [0, 0.1) is 13.8 Å². The molecular formula is C19H19ClN4O2S2. The molecule has 1 aliphatic heterocycles. The van der Waals surface area contributed by atoms with Crippen LogP contribution < -0.4 is 10.6 Å². The van der Waals surface area contributed by atoms with Gasteiger partial charge in [-0.2, -0.15) is 9.97 Å². The van der Waals surface area contributed by atoms with Crippen molar-refractivity contribution in [3.05, 3.63) is 65.6 Å². The molecule has 9 heteroatoms. The van der Waals surface area contributed by atoms with Crippen LogP contribution in [0.5, 0.6) is 0 Å². The van der Waals surface area contributed by atoms with E-state index in [1.54, 1.807) is 18.3 Å². The summed E-state index contributed by atoms with van der Waals surface area (Å²) < 4.78 is 2.21. The zero-order valence-corrected chi connectivity index (χ0v) is 17.8. The first-order chi connectivity index (χ1) is 13.4. The molecule has 6 nitrogen and oxygen atoms in total. The lowest BCUT2D eigenvalue weighted by Crippen LogP contribution is -2.40. The number of rotatable bonds is 4. The monoisotopic (exact) mass is 434 g/mol. The number of aliphatic hydroxyl groups excluding tert-OH is 1. The van der Waals surface area contributed by atoms with Gasteiger partial charge in [0.15, 0.2) is 0 Å². The first kappa shape index (κ1) is 19.3. The summed E-state index contributed by atoms with van der Waals surface area (Å²) in [5.41, 5.74) is 1.75. The first-order valence-electron chi connectivity index (χ1n) is 8.79. The van der Waals surface area contributed by atoms with Gasteiger partial charge in [0.1, 0.15) is 5.82 Å². The minimum absolute atomic E-state index is 0.347. The van der Waals surface area contributed by atoms with Crippen molar-refractivity contribution in [3.63, 3.8) is 0 Å². The van der Waals surface area contributed by atoms with Crippen molar-refractivity contribution in [1.29, 1.82) is 0 Å². The number of thiophene rings is 2. The lowest BCUT2D eigenvalue weighted by molar-refractivity contribution is 0.233. The van der Waals surface area contributed by atoms with Gasteiger partial charge in [-0.15, -0.1) is 22.7 Å². The van der Waals surface area contributed by atoms with E-state index in [1.165, 1.54) is 21.5 Å². The highest BCUT2D eigenvalue weighted by Crippen LogP contribution is 2.29. The van der Waals surface area contributed by atoms with Gasteiger partial charge in [0.25, 0.3) is 0 Å². The number of hydrogen-bond donors (Lipinski definition) is 1. The first-order valence-corrected chi connectivity index (χ1v) is 10.9. The Morgan fingerprint density at radius 1 is 1.32 bits per heavy atom. The van der Waals surface area contributed by atoms with Gasteiger partial charge in [0, 0.05) is 16.3 Å². The van der Waals surface area contributed by atoms with Crippen molar-refractivity contribution in [2.24, 2.45) is 0 Å². The highest BCUT2D eigenvalue weighted by atomic mass is 35.5. The lowest BCUT2D eigenvalue weighted by Gasteiger charge is -2.30. The van der Waals surface area contributed by atoms with Crippen molar-refractivity contribution in [1.82, 2.24) is 14.5 Å².